The lowest BCUT2D eigenvalue weighted by Crippen LogP contribution is -2.51. The average molecular weight is 440 g/mol. The van der Waals surface area contributed by atoms with Crippen LogP contribution < -0.4 is 20.3 Å². The summed E-state index contributed by atoms with van der Waals surface area (Å²) in [4.78, 5) is 16.8. The second-order valence-electron chi connectivity index (χ2n) is 7.89. The summed E-state index contributed by atoms with van der Waals surface area (Å²) < 4.78 is 61.4. The molecule has 3 fully saturated rings. The van der Waals surface area contributed by atoms with Crippen LogP contribution in [0.3, 0.4) is 0 Å². The van der Waals surface area contributed by atoms with Gasteiger partial charge in [0, 0.05) is 37.5 Å². The maximum absolute atomic E-state index is 12.9. The first kappa shape index (κ1) is 20.0. The van der Waals surface area contributed by atoms with Crippen LogP contribution in [0.15, 0.2) is 18.3 Å². The van der Waals surface area contributed by atoms with E-state index < -0.39 is 19.0 Å². The van der Waals surface area contributed by atoms with Gasteiger partial charge < -0.3 is 25.0 Å². The van der Waals surface area contributed by atoms with E-state index in [1.165, 1.54) is 12.3 Å². The van der Waals surface area contributed by atoms with Gasteiger partial charge in [-0.25, -0.2) is 18.7 Å². The number of nitrogens with zero attached hydrogens (tertiary/aromatic N) is 5. The number of halogens is 4. The molecule has 2 bridgehead atoms. The van der Waals surface area contributed by atoms with Crippen LogP contribution in [0.4, 0.5) is 35.1 Å². The number of fused-ring (bicyclic) bond motifs is 2. The summed E-state index contributed by atoms with van der Waals surface area (Å²) in [6, 6.07) is 3.24. The lowest BCUT2D eigenvalue weighted by Gasteiger charge is -2.39. The van der Waals surface area contributed by atoms with Gasteiger partial charge in [-0.05, 0) is 12.5 Å². The molecule has 2 aromatic heterocycles. The summed E-state index contributed by atoms with van der Waals surface area (Å²) in [5.41, 5.74) is 6.45. The normalized spacial score (nSPS) is 23.2. The first-order valence-corrected chi connectivity index (χ1v) is 9.88. The number of nitrogen functional groups attached to an aromatic ring is 1. The fourth-order valence-electron chi connectivity index (χ4n) is 4.16. The van der Waals surface area contributed by atoms with Crippen molar-refractivity contribution in [1.29, 1.82) is 0 Å². The number of rotatable bonds is 6. The standard InChI is InChI=1S/C19H20F4N6O2/c20-16(21)10-5-28(6-10)19-26-13(9-1-14(31-18(22)23)17(24)25-4-9)3-15(27-19)29-7-12-2-11(29)8-30-12/h1,3-4,10-12,16,18H,2,5-8H2,(H2,24,25)/t11-,12-/m0/s1. The van der Waals surface area contributed by atoms with E-state index in [4.69, 9.17) is 10.5 Å². The van der Waals surface area contributed by atoms with Crippen molar-refractivity contribution >= 4 is 17.6 Å². The molecule has 0 aliphatic carbocycles. The molecule has 5 heterocycles. The SMILES string of the molecule is Nc1ncc(-c2cc(N3C[C@@H]4C[C@H]3CO4)nc(N3CC(C(F)F)C3)n2)cc1OC(F)F. The van der Waals surface area contributed by atoms with Crippen molar-refractivity contribution < 1.29 is 27.0 Å². The number of aromatic nitrogens is 3. The first-order chi connectivity index (χ1) is 14.9. The van der Waals surface area contributed by atoms with E-state index in [1.807, 2.05) is 0 Å². The van der Waals surface area contributed by atoms with Crippen LogP contribution in [0.1, 0.15) is 6.42 Å². The van der Waals surface area contributed by atoms with Crippen molar-refractivity contribution in [2.45, 2.75) is 31.6 Å². The van der Waals surface area contributed by atoms with Gasteiger partial charge in [0.2, 0.25) is 12.4 Å². The highest BCUT2D eigenvalue weighted by molar-refractivity contribution is 5.68. The van der Waals surface area contributed by atoms with E-state index >= 15 is 0 Å². The number of hydrogen-bond donors (Lipinski definition) is 1. The molecule has 3 aliphatic rings. The monoisotopic (exact) mass is 440 g/mol. The summed E-state index contributed by atoms with van der Waals surface area (Å²) in [6.45, 7) is -1.50. The summed E-state index contributed by atoms with van der Waals surface area (Å²) in [5.74, 6) is -0.221. The average Bonchev–Trinajstić information content (AvgIpc) is 3.31. The Morgan fingerprint density at radius 1 is 1.13 bits per heavy atom. The van der Waals surface area contributed by atoms with Gasteiger partial charge in [-0.3, -0.25) is 0 Å². The molecule has 0 amide bonds. The molecule has 5 rings (SSSR count). The maximum atomic E-state index is 12.9. The van der Waals surface area contributed by atoms with Gasteiger partial charge in [-0.2, -0.15) is 13.8 Å². The minimum atomic E-state index is -3.05. The molecule has 0 unspecified atom stereocenters. The summed E-state index contributed by atoms with van der Waals surface area (Å²) in [5, 5.41) is 0. The molecule has 3 saturated heterocycles. The molecule has 3 aliphatic heterocycles. The third-order valence-corrected chi connectivity index (χ3v) is 5.84. The molecule has 8 nitrogen and oxygen atoms in total. The quantitative estimate of drug-likeness (QED) is 0.685. The van der Waals surface area contributed by atoms with E-state index in [9.17, 15) is 17.6 Å². The summed E-state index contributed by atoms with van der Waals surface area (Å²) in [7, 11) is 0. The first-order valence-electron chi connectivity index (χ1n) is 9.88. The zero-order chi connectivity index (χ0) is 21.7. The zero-order valence-corrected chi connectivity index (χ0v) is 16.3. The Morgan fingerprint density at radius 3 is 2.58 bits per heavy atom. The van der Waals surface area contributed by atoms with Gasteiger partial charge >= 0.3 is 6.61 Å². The zero-order valence-electron chi connectivity index (χ0n) is 16.3. The predicted molar refractivity (Wildman–Crippen MR) is 104 cm³/mol. The lowest BCUT2D eigenvalue weighted by molar-refractivity contribution is -0.0494. The third-order valence-electron chi connectivity index (χ3n) is 5.84. The number of nitrogens with two attached hydrogens (primary N) is 1. The molecule has 2 aromatic rings. The van der Waals surface area contributed by atoms with E-state index in [1.54, 1.807) is 11.0 Å². The molecule has 31 heavy (non-hydrogen) atoms. The van der Waals surface area contributed by atoms with E-state index in [0.29, 0.717) is 36.2 Å². The maximum Gasteiger partial charge on any atom is 0.387 e. The van der Waals surface area contributed by atoms with Gasteiger partial charge in [-0.1, -0.05) is 0 Å². The number of hydrogen-bond acceptors (Lipinski definition) is 8. The van der Waals surface area contributed by atoms with Crippen molar-refractivity contribution in [3.05, 3.63) is 18.3 Å². The Hall–Kier alpha value is -2.89. The lowest BCUT2D eigenvalue weighted by atomic mass is 10.0. The Bertz CT molecular complexity index is 974. The molecular weight excluding hydrogens is 420 g/mol. The van der Waals surface area contributed by atoms with Crippen molar-refractivity contribution in [3.8, 4) is 17.0 Å². The second-order valence-corrected chi connectivity index (χ2v) is 7.89. The summed E-state index contributed by atoms with van der Waals surface area (Å²) in [6.07, 6.45) is 0.0201. The fraction of sp³-hybridized carbons (Fsp3) is 0.526. The topological polar surface area (TPSA) is 89.6 Å². The minimum absolute atomic E-state index is 0.128. The second kappa shape index (κ2) is 7.66. The van der Waals surface area contributed by atoms with Crippen LogP contribution in [0.25, 0.3) is 11.3 Å². The molecule has 2 N–H and O–H groups in total. The third kappa shape index (κ3) is 3.80. The Morgan fingerprint density at radius 2 is 1.94 bits per heavy atom. The van der Waals surface area contributed by atoms with Gasteiger partial charge in [-0.15, -0.1) is 0 Å². The van der Waals surface area contributed by atoms with Crippen molar-refractivity contribution in [2.75, 3.05) is 41.8 Å². The van der Waals surface area contributed by atoms with Crippen LogP contribution in [-0.4, -0.2) is 66.4 Å². The molecule has 0 radical (unpaired) electrons. The molecule has 12 heteroatoms. The van der Waals surface area contributed by atoms with Crippen molar-refractivity contribution in [3.63, 3.8) is 0 Å². The van der Waals surface area contributed by atoms with Gasteiger partial charge in [0.25, 0.3) is 0 Å². The van der Waals surface area contributed by atoms with Gasteiger partial charge in [0.05, 0.1) is 30.4 Å². The van der Waals surface area contributed by atoms with E-state index in [-0.39, 0.29) is 36.8 Å². The number of morpholine rings is 1. The molecule has 2 atom stereocenters. The molecule has 0 aromatic carbocycles. The number of alkyl halides is 4. The highest BCUT2D eigenvalue weighted by Crippen LogP contribution is 2.36. The summed E-state index contributed by atoms with van der Waals surface area (Å²) >= 11 is 0. The Kier molecular flexibility index (Phi) is 4.95. The van der Waals surface area contributed by atoms with Gasteiger partial charge in [0.1, 0.15) is 5.82 Å². The minimum Gasteiger partial charge on any atom is -0.431 e. The molecular formula is C19H20F4N6O2. The van der Waals surface area contributed by atoms with Crippen LogP contribution in [0.5, 0.6) is 5.75 Å². The molecule has 166 valence electrons. The van der Waals surface area contributed by atoms with Crippen LogP contribution >= 0.6 is 0 Å². The number of anilines is 3. The predicted octanol–water partition coefficient (Wildman–Crippen LogP) is 2.40. The Labute approximate surface area is 175 Å². The van der Waals surface area contributed by atoms with Crippen LogP contribution in [-0.2, 0) is 4.74 Å². The number of pyridine rings is 1. The van der Waals surface area contributed by atoms with Crippen LogP contribution in [0.2, 0.25) is 0 Å². The Balaban J connectivity index is 1.51. The highest BCUT2D eigenvalue weighted by atomic mass is 19.3. The molecule has 0 spiro atoms. The molecule has 0 saturated carbocycles. The smallest absolute Gasteiger partial charge is 0.387 e. The largest absolute Gasteiger partial charge is 0.431 e. The fourth-order valence-corrected chi connectivity index (χ4v) is 4.16. The van der Waals surface area contributed by atoms with Gasteiger partial charge in [0.15, 0.2) is 11.6 Å². The van der Waals surface area contributed by atoms with Crippen LogP contribution in [0, 0.1) is 5.92 Å². The van der Waals surface area contributed by atoms with E-state index in [2.05, 4.69) is 24.6 Å². The number of ether oxygens (including phenoxy) is 2. The van der Waals surface area contributed by atoms with Crippen molar-refractivity contribution in [1.82, 2.24) is 15.0 Å². The van der Waals surface area contributed by atoms with E-state index in [0.717, 1.165) is 6.42 Å². The highest BCUT2D eigenvalue weighted by Gasteiger charge is 2.41. The van der Waals surface area contributed by atoms with Crippen molar-refractivity contribution in [2.24, 2.45) is 5.92 Å².